The third kappa shape index (κ3) is 19.6. The highest BCUT2D eigenvalue weighted by molar-refractivity contribution is 15.0. The number of carbonyl (C=O) groups is 3. The molecule has 11 rings (SSSR count). The lowest BCUT2D eigenvalue weighted by Crippen LogP contribution is -2.36. The van der Waals surface area contributed by atoms with Crippen LogP contribution >= 0.6 is 48.8 Å². The third-order valence-electron chi connectivity index (χ3n) is 15.2. The van der Waals surface area contributed by atoms with Gasteiger partial charge in [0.2, 0.25) is 0 Å². The largest absolute Gasteiger partial charge is 0.444 e. The Morgan fingerprint density at radius 1 is 0.495 bits per heavy atom. The van der Waals surface area contributed by atoms with Crippen molar-refractivity contribution in [3.8, 4) is 40.7 Å². The van der Waals surface area contributed by atoms with E-state index in [1.54, 1.807) is 65.1 Å². The van der Waals surface area contributed by atoms with Gasteiger partial charge < -0.3 is 31.2 Å². The number of nitrogens with one attached hydrogen (secondary N) is 3. The van der Waals surface area contributed by atoms with Gasteiger partial charge in [-0.3, -0.25) is 32.9 Å². The van der Waals surface area contributed by atoms with Crippen molar-refractivity contribution in [1.29, 1.82) is 0 Å². The Kier molecular flexibility index (Phi) is 24.9. The first-order valence-electron chi connectivity index (χ1n) is 32.6. The van der Waals surface area contributed by atoms with Crippen molar-refractivity contribution in [1.82, 2.24) is 44.2 Å². The molecule has 101 heavy (non-hydrogen) atoms. The standard InChI is InChI=1S/C30H28N6O2.C28H32N2O3.C22H23ClN2O3.I2/c1-19(33-28(37)25-26(31)34-35-17-9-16-32-27(25)35)23-18-21-11-8-10-20(14-15-30(2,3)4)24(21)29(38)36(23)22-12-6-5-7-13-22;1-19(29-26(32)33-28(5,6)7)23-18-21-13-11-12-20(16-17-27(2,3)4)24(21)25(31)30(23)22-14-9-8-10-15-22;1-14(24-21(27)28-22(2,3)4)18-13-15-9-8-12-17(23)19(15)20(26)25(18)16-10-6-5-7-11-16;1-2/h5-13,16-19H,1-4H3,(H2,31,34)(H,33,37);8-15,18-19H,1-7H3,(H,29,32);5-14H,1-4H3,(H,24,27);/t2*19-;14-;/m000./s1. The van der Waals surface area contributed by atoms with Crippen LogP contribution < -0.4 is 38.4 Å². The summed E-state index contributed by atoms with van der Waals surface area (Å²) in [5, 5.41) is 17.0. The molecule has 0 unspecified atom stereocenters. The SMILES string of the molecule is C[C@H](NC(=O)OC(C)(C)C)c1cc2cccc(C#CC(C)(C)C)c2c(=O)n1-c1ccccc1.C[C@H](NC(=O)OC(C)(C)C)c1cc2cccc(Cl)c2c(=O)n1-c1ccccc1.C[C@H](NC(=O)c1c(N)nn2cccnc12)c1cc2cccc(C#CC(C)(C)C)c2c(=O)n1-c1ccccc1.II. The topological polar surface area (TPSA) is 228 Å². The van der Waals surface area contributed by atoms with Crippen molar-refractivity contribution < 1.29 is 23.9 Å². The number of halogens is 3. The van der Waals surface area contributed by atoms with Gasteiger partial charge in [0.15, 0.2) is 11.5 Å². The van der Waals surface area contributed by atoms with E-state index >= 15 is 0 Å². The highest BCUT2D eigenvalue weighted by Gasteiger charge is 2.27. The van der Waals surface area contributed by atoms with Crippen molar-refractivity contribution in [3.05, 3.63) is 252 Å². The van der Waals surface area contributed by atoms with E-state index in [2.05, 4.69) is 86.9 Å². The van der Waals surface area contributed by atoms with E-state index < -0.39 is 47.4 Å². The molecule has 5 N–H and O–H groups in total. The number of benzene rings is 6. The Balaban J connectivity index is 0.000000192. The summed E-state index contributed by atoms with van der Waals surface area (Å²) >= 11 is 10.5. The number of nitrogens with zero attached hydrogens (tertiary/aromatic N) is 6. The molecule has 0 spiro atoms. The predicted octanol–water partition coefficient (Wildman–Crippen LogP) is 17.5. The number of para-hydroxylation sites is 3. The second kappa shape index (κ2) is 32.7. The molecule has 0 bridgehead atoms. The van der Waals surface area contributed by atoms with E-state index in [4.69, 9.17) is 26.8 Å². The number of pyridine rings is 3. The first-order chi connectivity index (χ1) is 47.7. The number of rotatable bonds is 10. The Labute approximate surface area is 616 Å². The second-order valence-corrected chi connectivity index (χ2v) is 28.4. The van der Waals surface area contributed by atoms with Crippen molar-refractivity contribution in [2.75, 3.05) is 5.73 Å². The molecule has 6 aromatic carbocycles. The summed E-state index contributed by atoms with van der Waals surface area (Å²) in [4.78, 5) is 83.6. The van der Waals surface area contributed by atoms with Gasteiger partial charge in [-0.2, -0.15) is 0 Å². The number of carbonyl (C=O) groups excluding carboxylic acids is 3. The molecule has 11 aromatic rings. The Bertz CT molecular complexity index is 5180. The van der Waals surface area contributed by atoms with E-state index in [0.717, 1.165) is 21.8 Å². The molecular formula is C80H83ClI2N10O8. The van der Waals surface area contributed by atoms with Gasteiger partial charge in [-0.05, 0) is 199 Å². The number of nitrogen functional groups attached to an aromatic ring is 1. The lowest BCUT2D eigenvalue weighted by molar-refractivity contribution is 0.0494. The maximum Gasteiger partial charge on any atom is 0.408 e. The number of aromatic nitrogens is 6. The van der Waals surface area contributed by atoms with Gasteiger partial charge in [-0.1, -0.05) is 126 Å². The van der Waals surface area contributed by atoms with Gasteiger partial charge >= 0.3 is 12.2 Å². The molecule has 5 heterocycles. The van der Waals surface area contributed by atoms with Crippen LogP contribution in [0.5, 0.6) is 0 Å². The summed E-state index contributed by atoms with van der Waals surface area (Å²) in [6.45, 7) is 28.5. The lowest BCUT2D eigenvalue weighted by atomic mass is 9.96. The van der Waals surface area contributed by atoms with Crippen LogP contribution in [0.2, 0.25) is 5.02 Å². The third-order valence-corrected chi connectivity index (χ3v) is 15.5. The highest BCUT2D eigenvalue weighted by atomic mass is 128. The molecule has 3 amide bonds. The summed E-state index contributed by atoms with van der Waals surface area (Å²) in [5.41, 5.74) is 9.73. The Hall–Kier alpha value is -9.75. The molecule has 18 nitrogen and oxygen atoms in total. The van der Waals surface area contributed by atoms with Crippen LogP contribution in [0.15, 0.2) is 197 Å². The zero-order chi connectivity index (χ0) is 73.9. The van der Waals surface area contributed by atoms with Crippen LogP contribution in [0, 0.1) is 34.5 Å². The molecule has 522 valence electrons. The minimum atomic E-state index is -0.618. The lowest BCUT2D eigenvalue weighted by Gasteiger charge is -2.24. The monoisotopic (exact) mass is 1600 g/mol. The van der Waals surface area contributed by atoms with Crippen molar-refractivity contribution >= 4 is 111 Å². The number of amides is 3. The van der Waals surface area contributed by atoms with Crippen LogP contribution in [0.1, 0.15) is 161 Å². The van der Waals surface area contributed by atoms with Gasteiger partial charge in [-0.25, -0.2) is 19.1 Å². The molecule has 0 aliphatic rings. The van der Waals surface area contributed by atoms with Gasteiger partial charge in [0.05, 0.1) is 39.3 Å². The molecule has 0 saturated heterocycles. The molecular weight excluding hydrogens is 1520 g/mol. The first-order valence-corrected chi connectivity index (χ1v) is 39.3. The maximum absolute atomic E-state index is 14.1. The van der Waals surface area contributed by atoms with Crippen molar-refractivity contribution in [3.63, 3.8) is 0 Å². The number of alkyl carbamates (subject to hydrolysis) is 2. The molecule has 3 atom stereocenters. The van der Waals surface area contributed by atoms with Crippen LogP contribution in [0.4, 0.5) is 15.4 Å². The number of nitrogens with two attached hydrogens (primary N) is 1. The quantitative estimate of drug-likeness (QED) is 0.0743. The van der Waals surface area contributed by atoms with Crippen LogP contribution in [0.3, 0.4) is 0 Å². The van der Waals surface area contributed by atoms with Crippen molar-refractivity contribution in [2.24, 2.45) is 10.8 Å². The zero-order valence-electron chi connectivity index (χ0n) is 59.2. The van der Waals surface area contributed by atoms with E-state index in [1.165, 1.54) is 4.52 Å². The minimum Gasteiger partial charge on any atom is -0.444 e. The predicted molar refractivity (Wildman–Crippen MR) is 423 cm³/mol. The second-order valence-electron chi connectivity index (χ2n) is 28.0. The van der Waals surface area contributed by atoms with E-state index in [0.29, 0.717) is 66.4 Å². The summed E-state index contributed by atoms with van der Waals surface area (Å²) in [6, 6.07) is 50.6. The normalized spacial score (nSPS) is 12.3. The average molecular weight is 1600 g/mol. The van der Waals surface area contributed by atoms with Crippen LogP contribution in [-0.2, 0) is 9.47 Å². The summed E-state index contributed by atoms with van der Waals surface area (Å²) in [5.74, 6) is 12.5. The van der Waals surface area contributed by atoms with E-state index in [-0.39, 0.29) is 38.9 Å². The number of fused-ring (bicyclic) bond motifs is 4. The van der Waals surface area contributed by atoms with Gasteiger partial charge in [0.1, 0.15) is 16.8 Å². The van der Waals surface area contributed by atoms with Crippen molar-refractivity contribution in [2.45, 2.75) is 133 Å². The fourth-order valence-corrected chi connectivity index (χ4v) is 11.2. The summed E-state index contributed by atoms with van der Waals surface area (Å²) in [7, 11) is 0. The summed E-state index contributed by atoms with van der Waals surface area (Å²) < 4.78 is 17.1. The smallest absolute Gasteiger partial charge is 0.408 e. The number of anilines is 1. The number of hydrogen-bond donors (Lipinski definition) is 4. The average Bonchev–Trinajstić information content (AvgIpc) is 1.50. The Morgan fingerprint density at radius 2 is 0.851 bits per heavy atom. The van der Waals surface area contributed by atoms with Gasteiger partial charge in [0.25, 0.3) is 22.6 Å². The number of hydrogen-bond acceptors (Lipinski definition) is 11. The first kappa shape index (κ1) is 77.0. The van der Waals surface area contributed by atoms with E-state index in [1.807, 2.05) is 235 Å². The highest BCUT2D eigenvalue weighted by Crippen LogP contribution is 2.30. The van der Waals surface area contributed by atoms with Crippen LogP contribution in [0.25, 0.3) is 55.0 Å². The fraction of sp³-hybridized carbons (Fsp3) is 0.275. The number of ether oxygens (including phenoxy) is 2. The van der Waals surface area contributed by atoms with Gasteiger partial charge in [0, 0.05) is 106 Å². The van der Waals surface area contributed by atoms with Gasteiger partial charge in [-0.15, -0.1) is 5.10 Å². The summed E-state index contributed by atoms with van der Waals surface area (Å²) in [6.07, 6.45) is 2.17. The van der Waals surface area contributed by atoms with E-state index in [9.17, 15) is 28.8 Å². The molecule has 0 aliphatic heterocycles. The minimum absolute atomic E-state index is 0.0782. The molecule has 5 aromatic heterocycles. The fourth-order valence-electron chi connectivity index (χ4n) is 10.9. The zero-order valence-corrected chi connectivity index (χ0v) is 64.3. The molecule has 21 heteroatoms. The maximum atomic E-state index is 14.1. The van der Waals surface area contributed by atoms with Crippen LogP contribution in [-0.4, -0.2) is 57.6 Å². The molecule has 0 saturated carbocycles. The molecule has 0 aliphatic carbocycles. The molecule has 0 radical (unpaired) electrons. The molecule has 0 fully saturated rings. The Morgan fingerprint density at radius 3 is 1.23 bits per heavy atom.